The molecule has 0 aliphatic carbocycles. The summed E-state index contributed by atoms with van der Waals surface area (Å²) < 4.78 is 5.33. The lowest BCUT2D eigenvalue weighted by atomic mass is 9.88. The molecule has 3 atom stereocenters. The zero-order valence-electron chi connectivity index (χ0n) is 16.4. The van der Waals surface area contributed by atoms with Crippen LogP contribution < -0.4 is 10.1 Å². The van der Waals surface area contributed by atoms with Crippen molar-refractivity contribution in [1.29, 1.82) is 0 Å². The number of hydrogen-bond acceptors (Lipinski definition) is 4. The Kier molecular flexibility index (Phi) is 6.50. The van der Waals surface area contributed by atoms with Gasteiger partial charge < -0.3 is 15.0 Å². The molecule has 156 valence electrons. The van der Waals surface area contributed by atoms with Crippen LogP contribution >= 0.6 is 24.8 Å². The van der Waals surface area contributed by atoms with Crippen molar-refractivity contribution in [2.75, 3.05) is 39.8 Å². The number of likely N-dealkylation sites (tertiary alicyclic amines) is 1. The summed E-state index contributed by atoms with van der Waals surface area (Å²) in [5.41, 5.74) is 1.06. The van der Waals surface area contributed by atoms with E-state index in [0.29, 0.717) is 17.7 Å². The van der Waals surface area contributed by atoms with Crippen LogP contribution in [-0.4, -0.2) is 61.1 Å². The summed E-state index contributed by atoms with van der Waals surface area (Å²) in [5.74, 6) is 2.39. The van der Waals surface area contributed by atoms with Crippen LogP contribution in [0.4, 0.5) is 0 Å². The molecule has 5 rings (SSSR count). The fraction of sp³-hybridized carbons (Fsp3) is 0.667. The minimum Gasteiger partial charge on any atom is -0.497 e. The van der Waals surface area contributed by atoms with E-state index in [4.69, 9.17) is 4.74 Å². The number of fused-ring (bicyclic) bond motifs is 2. The van der Waals surface area contributed by atoms with E-state index in [9.17, 15) is 4.79 Å². The lowest BCUT2D eigenvalue weighted by molar-refractivity contribution is -0.143. The van der Waals surface area contributed by atoms with Gasteiger partial charge in [-0.15, -0.1) is 24.8 Å². The molecular weight excluding hydrogens is 397 g/mol. The molecule has 28 heavy (non-hydrogen) atoms. The van der Waals surface area contributed by atoms with E-state index in [1.54, 1.807) is 7.11 Å². The van der Waals surface area contributed by atoms with Crippen molar-refractivity contribution in [2.45, 2.75) is 37.3 Å². The first-order valence-corrected chi connectivity index (χ1v) is 10.1. The quantitative estimate of drug-likeness (QED) is 0.805. The molecule has 1 aromatic rings. The molecule has 5 nitrogen and oxygen atoms in total. The van der Waals surface area contributed by atoms with Crippen molar-refractivity contribution >= 4 is 30.7 Å². The molecule has 0 spiro atoms. The summed E-state index contributed by atoms with van der Waals surface area (Å²) in [7, 11) is 1.70. The van der Waals surface area contributed by atoms with Crippen LogP contribution in [0.2, 0.25) is 0 Å². The molecule has 4 aliphatic heterocycles. The second-order valence-electron chi connectivity index (χ2n) is 8.48. The second-order valence-corrected chi connectivity index (χ2v) is 8.48. The van der Waals surface area contributed by atoms with Gasteiger partial charge in [-0.1, -0.05) is 12.1 Å². The number of hydrogen-bond donors (Lipinski definition) is 1. The van der Waals surface area contributed by atoms with Crippen molar-refractivity contribution in [1.82, 2.24) is 15.1 Å². The number of nitrogens with zero attached hydrogens (tertiary/aromatic N) is 2. The average Bonchev–Trinajstić information content (AvgIpc) is 3.40. The van der Waals surface area contributed by atoms with E-state index in [2.05, 4.69) is 27.2 Å². The van der Waals surface area contributed by atoms with Crippen LogP contribution in [0.15, 0.2) is 24.3 Å². The Labute approximate surface area is 180 Å². The van der Waals surface area contributed by atoms with Gasteiger partial charge in [-0.2, -0.15) is 0 Å². The summed E-state index contributed by atoms with van der Waals surface area (Å²) in [6.45, 7) is 5.16. The van der Waals surface area contributed by atoms with Gasteiger partial charge in [-0.05, 0) is 62.4 Å². The summed E-state index contributed by atoms with van der Waals surface area (Å²) in [4.78, 5) is 18.6. The molecule has 0 bridgehead atoms. The molecule has 0 saturated carbocycles. The SMILES string of the molecule is COc1ccc([C@H]2[C@H]3CNC[C@H]3CN2C(=O)C23CCCN2CCC3)cc1.Cl.Cl. The van der Waals surface area contributed by atoms with Crippen LogP contribution in [-0.2, 0) is 4.79 Å². The number of halogens is 2. The van der Waals surface area contributed by atoms with E-state index < -0.39 is 0 Å². The minimum absolute atomic E-state index is 0. The highest BCUT2D eigenvalue weighted by molar-refractivity contribution is 5.88. The van der Waals surface area contributed by atoms with Crippen LogP contribution in [0, 0.1) is 11.8 Å². The fourth-order valence-electron chi connectivity index (χ4n) is 6.08. The number of benzene rings is 1. The molecule has 7 heteroatoms. The summed E-state index contributed by atoms with van der Waals surface area (Å²) >= 11 is 0. The number of amides is 1. The first-order chi connectivity index (χ1) is 12.7. The van der Waals surface area contributed by atoms with Gasteiger partial charge in [0, 0.05) is 25.6 Å². The summed E-state index contributed by atoms with van der Waals surface area (Å²) in [6.07, 6.45) is 4.43. The maximum atomic E-state index is 13.8. The van der Waals surface area contributed by atoms with Crippen molar-refractivity contribution in [3.63, 3.8) is 0 Å². The smallest absolute Gasteiger partial charge is 0.243 e. The zero-order chi connectivity index (χ0) is 17.7. The minimum atomic E-state index is -0.198. The Morgan fingerprint density at radius 1 is 1.11 bits per heavy atom. The Hall–Kier alpha value is -1.01. The predicted molar refractivity (Wildman–Crippen MR) is 115 cm³/mol. The van der Waals surface area contributed by atoms with Gasteiger partial charge in [0.05, 0.1) is 13.2 Å². The molecule has 4 saturated heterocycles. The summed E-state index contributed by atoms with van der Waals surface area (Å²) in [5, 5.41) is 3.55. The Morgan fingerprint density at radius 3 is 2.43 bits per heavy atom. The van der Waals surface area contributed by atoms with Crippen LogP contribution in [0.5, 0.6) is 5.75 Å². The molecule has 0 unspecified atom stereocenters. The maximum Gasteiger partial charge on any atom is 0.243 e. The van der Waals surface area contributed by atoms with Gasteiger partial charge in [0.15, 0.2) is 0 Å². The molecule has 4 fully saturated rings. The molecule has 4 heterocycles. The Bertz CT molecular complexity index is 689. The molecule has 0 radical (unpaired) electrons. The first-order valence-electron chi connectivity index (χ1n) is 10.1. The fourth-order valence-corrected chi connectivity index (χ4v) is 6.08. The van der Waals surface area contributed by atoms with Crippen LogP contribution in [0.3, 0.4) is 0 Å². The third-order valence-corrected chi connectivity index (χ3v) is 7.32. The van der Waals surface area contributed by atoms with E-state index >= 15 is 0 Å². The van der Waals surface area contributed by atoms with E-state index in [1.807, 2.05) is 12.1 Å². The number of carbonyl (C=O) groups excluding carboxylic acids is 1. The third-order valence-electron chi connectivity index (χ3n) is 7.32. The average molecular weight is 428 g/mol. The van der Waals surface area contributed by atoms with Crippen molar-refractivity contribution < 1.29 is 9.53 Å². The number of nitrogens with one attached hydrogen (secondary N) is 1. The van der Waals surface area contributed by atoms with Crippen molar-refractivity contribution in [3.8, 4) is 5.75 Å². The van der Waals surface area contributed by atoms with Gasteiger partial charge in [-0.25, -0.2) is 0 Å². The lowest BCUT2D eigenvalue weighted by Gasteiger charge is -2.38. The first kappa shape index (κ1) is 21.7. The Balaban J connectivity index is 0.00000112. The van der Waals surface area contributed by atoms with Gasteiger partial charge in [0.25, 0.3) is 0 Å². The predicted octanol–water partition coefficient (Wildman–Crippen LogP) is 2.89. The van der Waals surface area contributed by atoms with Crippen molar-refractivity contribution in [3.05, 3.63) is 29.8 Å². The van der Waals surface area contributed by atoms with Crippen LogP contribution in [0.1, 0.15) is 37.3 Å². The molecular formula is C21H31Cl2N3O2. The van der Waals surface area contributed by atoms with E-state index in [1.165, 1.54) is 18.4 Å². The second kappa shape index (κ2) is 8.39. The molecule has 0 aromatic heterocycles. The van der Waals surface area contributed by atoms with Gasteiger partial charge in [-0.3, -0.25) is 9.69 Å². The molecule has 4 aliphatic rings. The third kappa shape index (κ3) is 3.20. The standard InChI is InChI=1S/C21H29N3O2.2ClH/c1-26-17-6-4-15(5-7-17)19-18-13-22-12-16(18)14-24(19)20(25)21-8-2-10-23(21)11-3-9-21;;/h4-7,16,18-19,22H,2-3,8-14H2,1H3;2*1H/t16-,18-,19-;;/m0../s1. The van der Waals surface area contributed by atoms with Gasteiger partial charge in [0.2, 0.25) is 5.91 Å². The highest BCUT2D eigenvalue weighted by Crippen LogP contribution is 2.47. The number of methoxy groups -OCH3 is 1. The topological polar surface area (TPSA) is 44.8 Å². The van der Waals surface area contributed by atoms with E-state index in [0.717, 1.165) is 51.3 Å². The number of ether oxygens (including phenoxy) is 1. The number of rotatable bonds is 3. The van der Waals surface area contributed by atoms with Crippen LogP contribution in [0.25, 0.3) is 0 Å². The normalized spacial score (nSPS) is 30.3. The lowest BCUT2D eigenvalue weighted by Crippen LogP contribution is -2.53. The monoisotopic (exact) mass is 427 g/mol. The molecule has 1 amide bonds. The highest BCUT2D eigenvalue weighted by Gasteiger charge is 2.56. The summed E-state index contributed by atoms with van der Waals surface area (Å²) in [6, 6.07) is 8.57. The van der Waals surface area contributed by atoms with Crippen molar-refractivity contribution in [2.24, 2.45) is 11.8 Å². The number of carbonyl (C=O) groups is 1. The van der Waals surface area contributed by atoms with E-state index in [-0.39, 0.29) is 36.4 Å². The zero-order valence-corrected chi connectivity index (χ0v) is 18.1. The highest BCUT2D eigenvalue weighted by atomic mass is 35.5. The largest absolute Gasteiger partial charge is 0.497 e. The van der Waals surface area contributed by atoms with Gasteiger partial charge >= 0.3 is 0 Å². The molecule has 1 aromatic carbocycles. The van der Waals surface area contributed by atoms with Gasteiger partial charge in [0.1, 0.15) is 11.3 Å². The Morgan fingerprint density at radius 2 is 1.79 bits per heavy atom. The molecule has 1 N–H and O–H groups in total. The maximum absolute atomic E-state index is 13.8.